The Balaban J connectivity index is 1.40. The molecule has 1 saturated heterocycles. The number of anilines is 2. The molecule has 3 heterocycles. The molecule has 32 heavy (non-hydrogen) atoms. The number of imidazole rings is 1. The van der Waals surface area contributed by atoms with E-state index in [9.17, 15) is 18.0 Å². The first-order chi connectivity index (χ1) is 15.3. The Kier molecular flexibility index (Phi) is 5.84. The van der Waals surface area contributed by atoms with Gasteiger partial charge in [-0.25, -0.2) is 19.7 Å². The van der Waals surface area contributed by atoms with E-state index in [0.29, 0.717) is 37.8 Å². The van der Waals surface area contributed by atoms with Crippen LogP contribution in [-0.4, -0.2) is 63.0 Å². The number of nitrogens with zero attached hydrogens (tertiary/aromatic N) is 6. The Morgan fingerprint density at radius 3 is 2.50 bits per heavy atom. The summed E-state index contributed by atoms with van der Waals surface area (Å²) in [4.78, 5) is 29.1. The van der Waals surface area contributed by atoms with Crippen LogP contribution in [0.3, 0.4) is 0 Å². The quantitative estimate of drug-likeness (QED) is 0.661. The summed E-state index contributed by atoms with van der Waals surface area (Å²) in [5.41, 5.74) is -0.0475. The molecule has 1 N–H and O–H groups in total. The van der Waals surface area contributed by atoms with Crippen molar-refractivity contribution < 1.29 is 22.7 Å². The highest BCUT2D eigenvalue weighted by Gasteiger charge is 2.32. The third kappa shape index (κ3) is 5.07. The number of nitrogens with one attached hydrogen (secondary N) is 1. The molecule has 12 heteroatoms. The molecular formula is C20H20F3N7O2. The van der Waals surface area contributed by atoms with Crippen LogP contribution in [0.5, 0.6) is 5.75 Å². The van der Waals surface area contributed by atoms with Crippen LogP contribution in [0.2, 0.25) is 0 Å². The second-order valence-corrected chi connectivity index (χ2v) is 7.05. The zero-order valence-corrected chi connectivity index (χ0v) is 17.1. The largest absolute Gasteiger partial charge is 0.573 e. The molecule has 1 fully saturated rings. The number of hydrogen-bond acceptors (Lipinski definition) is 6. The van der Waals surface area contributed by atoms with Gasteiger partial charge in [0, 0.05) is 44.6 Å². The summed E-state index contributed by atoms with van der Waals surface area (Å²) in [7, 11) is 0. The predicted molar refractivity (Wildman–Crippen MR) is 110 cm³/mol. The number of piperazine rings is 1. The van der Waals surface area contributed by atoms with Crippen molar-refractivity contribution in [2.24, 2.45) is 0 Å². The van der Waals surface area contributed by atoms with Gasteiger partial charge < -0.3 is 19.9 Å². The Bertz CT molecular complexity index is 1080. The molecule has 0 bridgehead atoms. The molecule has 9 nitrogen and oxygen atoms in total. The van der Waals surface area contributed by atoms with E-state index in [4.69, 9.17) is 0 Å². The van der Waals surface area contributed by atoms with Gasteiger partial charge in [0.05, 0.1) is 5.69 Å². The number of ether oxygens (including phenoxy) is 1. The van der Waals surface area contributed by atoms with Crippen molar-refractivity contribution in [2.45, 2.75) is 13.3 Å². The first-order valence-corrected chi connectivity index (χ1v) is 9.78. The normalized spacial score (nSPS) is 14.4. The van der Waals surface area contributed by atoms with E-state index in [1.54, 1.807) is 30.2 Å². The van der Waals surface area contributed by atoms with Crippen molar-refractivity contribution in [2.75, 3.05) is 36.4 Å². The Hall–Kier alpha value is -3.83. The summed E-state index contributed by atoms with van der Waals surface area (Å²) in [5.74, 6) is 1.56. The van der Waals surface area contributed by atoms with Crippen LogP contribution in [-0.2, 0) is 0 Å². The lowest BCUT2D eigenvalue weighted by Gasteiger charge is -2.35. The lowest BCUT2D eigenvalue weighted by Crippen LogP contribution is -2.50. The Morgan fingerprint density at radius 1 is 1.09 bits per heavy atom. The smallest absolute Gasteiger partial charge is 0.404 e. The van der Waals surface area contributed by atoms with Crippen LogP contribution in [0.1, 0.15) is 5.82 Å². The SMILES string of the molecule is Cc1nc(N2CCN(C(=O)Nc3ccccc3OC(F)(F)F)CC2)cc(-n2ccnc2)n1. The minimum Gasteiger partial charge on any atom is -0.404 e. The predicted octanol–water partition coefficient (Wildman–Crippen LogP) is 3.22. The highest BCUT2D eigenvalue weighted by atomic mass is 19.4. The number of urea groups is 1. The van der Waals surface area contributed by atoms with Gasteiger partial charge in [-0.15, -0.1) is 13.2 Å². The van der Waals surface area contributed by atoms with Gasteiger partial charge >= 0.3 is 12.4 Å². The fraction of sp³-hybridized carbons (Fsp3) is 0.300. The van der Waals surface area contributed by atoms with E-state index in [1.807, 2.05) is 11.0 Å². The minimum absolute atomic E-state index is 0.0475. The molecular weight excluding hydrogens is 427 g/mol. The Morgan fingerprint density at radius 2 is 1.81 bits per heavy atom. The number of halogens is 3. The fourth-order valence-electron chi connectivity index (χ4n) is 3.34. The maximum Gasteiger partial charge on any atom is 0.573 e. The summed E-state index contributed by atoms with van der Waals surface area (Å²) in [5, 5.41) is 2.50. The van der Waals surface area contributed by atoms with Gasteiger partial charge in [-0.2, -0.15) is 0 Å². The van der Waals surface area contributed by atoms with E-state index < -0.39 is 18.1 Å². The summed E-state index contributed by atoms with van der Waals surface area (Å²) in [6, 6.07) is 6.77. The number of aryl methyl sites for hydroxylation is 1. The standard InChI is InChI=1S/C20H20F3N7O2/c1-14-25-17(12-18(26-14)30-7-6-24-13-30)28-8-10-29(11-9-28)19(31)27-15-4-2-3-5-16(15)32-20(21,22)23/h2-7,12-13H,8-11H2,1H3,(H,27,31). The molecule has 1 aromatic carbocycles. The van der Waals surface area contributed by atoms with Crippen molar-refractivity contribution in [1.82, 2.24) is 24.4 Å². The third-order valence-corrected chi connectivity index (χ3v) is 4.83. The number of para-hydroxylation sites is 2. The minimum atomic E-state index is -4.85. The molecule has 0 saturated carbocycles. The van der Waals surface area contributed by atoms with Gasteiger partial charge in [-0.1, -0.05) is 12.1 Å². The van der Waals surface area contributed by atoms with Crippen molar-refractivity contribution in [3.8, 4) is 11.6 Å². The van der Waals surface area contributed by atoms with Gasteiger partial charge in [0.25, 0.3) is 0 Å². The molecule has 0 unspecified atom stereocenters. The molecule has 1 aliphatic heterocycles. The van der Waals surface area contributed by atoms with Gasteiger partial charge in [-0.05, 0) is 19.1 Å². The van der Waals surface area contributed by atoms with Gasteiger partial charge in [0.15, 0.2) is 5.75 Å². The molecule has 0 atom stereocenters. The highest BCUT2D eigenvalue weighted by molar-refractivity contribution is 5.91. The summed E-state index contributed by atoms with van der Waals surface area (Å²) in [6.07, 6.45) is 0.242. The number of carbonyl (C=O) groups excluding carboxylic acids is 1. The third-order valence-electron chi connectivity index (χ3n) is 4.83. The van der Waals surface area contributed by atoms with E-state index >= 15 is 0 Å². The summed E-state index contributed by atoms with van der Waals surface area (Å²) in [6.45, 7) is 3.56. The molecule has 2 amide bonds. The zero-order valence-electron chi connectivity index (χ0n) is 17.1. The molecule has 4 rings (SSSR count). The average Bonchev–Trinajstić information content (AvgIpc) is 3.29. The Labute approximate surface area is 181 Å². The van der Waals surface area contributed by atoms with Gasteiger partial charge in [0.1, 0.15) is 23.8 Å². The van der Waals surface area contributed by atoms with Crippen LogP contribution < -0.4 is 15.0 Å². The van der Waals surface area contributed by atoms with Crippen LogP contribution in [0.15, 0.2) is 49.1 Å². The lowest BCUT2D eigenvalue weighted by molar-refractivity contribution is -0.274. The second kappa shape index (κ2) is 8.73. The zero-order chi connectivity index (χ0) is 22.7. The van der Waals surface area contributed by atoms with E-state index in [-0.39, 0.29) is 5.69 Å². The second-order valence-electron chi connectivity index (χ2n) is 7.05. The molecule has 0 aliphatic carbocycles. The van der Waals surface area contributed by atoms with Crippen LogP contribution in [0, 0.1) is 6.92 Å². The van der Waals surface area contributed by atoms with Gasteiger partial charge in [0.2, 0.25) is 0 Å². The number of alkyl halides is 3. The number of carbonyl (C=O) groups is 1. The molecule has 1 aliphatic rings. The topological polar surface area (TPSA) is 88.4 Å². The molecule has 0 spiro atoms. The van der Waals surface area contributed by atoms with Crippen LogP contribution >= 0.6 is 0 Å². The number of aromatic nitrogens is 4. The summed E-state index contributed by atoms with van der Waals surface area (Å²) >= 11 is 0. The first kappa shape index (κ1) is 21.4. The number of benzene rings is 1. The van der Waals surface area contributed by atoms with Crippen molar-refractivity contribution in [1.29, 1.82) is 0 Å². The van der Waals surface area contributed by atoms with Gasteiger partial charge in [-0.3, -0.25) is 4.57 Å². The van der Waals surface area contributed by atoms with Crippen molar-refractivity contribution >= 4 is 17.5 Å². The van der Waals surface area contributed by atoms with E-state index in [0.717, 1.165) is 11.9 Å². The first-order valence-electron chi connectivity index (χ1n) is 9.78. The van der Waals surface area contributed by atoms with E-state index in [2.05, 4.69) is 25.0 Å². The monoisotopic (exact) mass is 447 g/mol. The van der Waals surface area contributed by atoms with Crippen LogP contribution in [0.4, 0.5) is 29.5 Å². The average molecular weight is 447 g/mol. The number of rotatable bonds is 4. The summed E-state index contributed by atoms with van der Waals surface area (Å²) < 4.78 is 43.6. The molecule has 0 radical (unpaired) electrons. The maximum atomic E-state index is 12.6. The van der Waals surface area contributed by atoms with Crippen molar-refractivity contribution in [3.05, 3.63) is 54.9 Å². The number of hydrogen-bond donors (Lipinski definition) is 1. The van der Waals surface area contributed by atoms with Crippen LogP contribution in [0.25, 0.3) is 5.82 Å². The molecule has 3 aromatic rings. The lowest BCUT2D eigenvalue weighted by atomic mass is 10.3. The number of amides is 2. The molecule has 168 valence electrons. The van der Waals surface area contributed by atoms with E-state index in [1.165, 1.54) is 23.1 Å². The fourth-order valence-corrected chi connectivity index (χ4v) is 3.34. The maximum absolute atomic E-state index is 12.6. The van der Waals surface area contributed by atoms with Crippen molar-refractivity contribution in [3.63, 3.8) is 0 Å². The highest BCUT2D eigenvalue weighted by Crippen LogP contribution is 2.30. The molecule has 2 aromatic heterocycles.